The number of carbonyl (C=O) groups is 1. The van der Waals surface area contributed by atoms with Gasteiger partial charge in [-0.2, -0.15) is 5.10 Å². The lowest BCUT2D eigenvalue weighted by atomic mass is 10.1. The van der Waals surface area contributed by atoms with Crippen LogP contribution in [-0.4, -0.2) is 54.1 Å². The summed E-state index contributed by atoms with van der Waals surface area (Å²) in [6.07, 6.45) is 5.40. The molecule has 5 aromatic rings. The normalized spacial score (nSPS) is 13.5. The van der Waals surface area contributed by atoms with Gasteiger partial charge in [-0.25, -0.2) is 9.97 Å². The molecule has 0 bridgehead atoms. The molecule has 9 heteroatoms. The van der Waals surface area contributed by atoms with Gasteiger partial charge < -0.3 is 15.2 Å². The first-order chi connectivity index (χ1) is 16.7. The lowest BCUT2D eigenvalue weighted by Gasteiger charge is -2.12. The predicted octanol–water partition coefficient (Wildman–Crippen LogP) is 4.91. The number of nitrogens with one attached hydrogen (secondary N) is 3. The van der Waals surface area contributed by atoms with Gasteiger partial charge in [-0.15, -0.1) is 11.8 Å². The number of aromatic nitrogens is 5. The van der Waals surface area contributed by atoms with Gasteiger partial charge in [0.05, 0.1) is 12.1 Å². The largest absolute Gasteiger partial charge is 0.351 e. The van der Waals surface area contributed by atoms with E-state index in [1.807, 2.05) is 65.7 Å². The van der Waals surface area contributed by atoms with Crippen LogP contribution >= 0.6 is 11.8 Å². The number of thioether (sulfide) groups is 1. The number of hydrogen-bond donors (Lipinski definition) is 3. The lowest BCUT2D eigenvalue weighted by Crippen LogP contribution is -2.27. The van der Waals surface area contributed by atoms with Crippen molar-refractivity contribution in [2.24, 2.45) is 0 Å². The standard InChI is InChI=1S/C25H21N7OS/c33-25(32-9-10-34-15-32)22-11-17-1-2-18(12-21(17)30-22)24-26-8-7-23(31-24)29-20-5-3-16(4-6-20)19-13-27-28-14-19/h1-8,11-14,30H,9-10,15H2,(H,27,28)(H,26,29,31). The molecule has 0 unspecified atom stereocenters. The summed E-state index contributed by atoms with van der Waals surface area (Å²) in [5.41, 5.74) is 5.45. The van der Waals surface area contributed by atoms with Crippen LogP contribution in [0.4, 0.5) is 11.5 Å². The minimum Gasteiger partial charge on any atom is -0.351 e. The molecule has 3 aromatic heterocycles. The minimum absolute atomic E-state index is 0.0454. The Morgan fingerprint density at radius 1 is 1.03 bits per heavy atom. The topological polar surface area (TPSA) is 103 Å². The third kappa shape index (κ3) is 4.01. The molecule has 0 saturated carbocycles. The van der Waals surface area contributed by atoms with Crippen molar-refractivity contribution in [1.29, 1.82) is 0 Å². The minimum atomic E-state index is 0.0454. The average Bonchev–Trinajstić information content (AvgIpc) is 3.66. The van der Waals surface area contributed by atoms with Gasteiger partial charge in [-0.1, -0.05) is 24.3 Å². The third-order valence-corrected chi connectivity index (χ3v) is 6.76. The highest BCUT2D eigenvalue weighted by molar-refractivity contribution is 7.99. The number of rotatable bonds is 5. The van der Waals surface area contributed by atoms with Crippen LogP contribution in [0.3, 0.4) is 0 Å². The van der Waals surface area contributed by atoms with E-state index in [9.17, 15) is 4.79 Å². The summed E-state index contributed by atoms with van der Waals surface area (Å²) in [7, 11) is 0. The van der Waals surface area contributed by atoms with E-state index in [-0.39, 0.29) is 5.91 Å². The second-order valence-corrected chi connectivity index (χ2v) is 9.12. The number of benzene rings is 2. The lowest BCUT2D eigenvalue weighted by molar-refractivity contribution is 0.0798. The molecule has 0 atom stereocenters. The van der Waals surface area contributed by atoms with Crippen molar-refractivity contribution < 1.29 is 4.79 Å². The van der Waals surface area contributed by atoms with Crippen LogP contribution in [0.2, 0.25) is 0 Å². The van der Waals surface area contributed by atoms with Crippen molar-refractivity contribution >= 4 is 40.1 Å². The van der Waals surface area contributed by atoms with Crippen LogP contribution in [0.15, 0.2) is 73.2 Å². The van der Waals surface area contributed by atoms with Crippen LogP contribution in [0.25, 0.3) is 33.4 Å². The Morgan fingerprint density at radius 2 is 1.91 bits per heavy atom. The highest BCUT2D eigenvalue weighted by atomic mass is 32.2. The number of hydrogen-bond acceptors (Lipinski definition) is 6. The smallest absolute Gasteiger partial charge is 0.271 e. The molecule has 0 aliphatic carbocycles. The fourth-order valence-corrected chi connectivity index (χ4v) is 4.94. The van der Waals surface area contributed by atoms with Gasteiger partial charge in [0.15, 0.2) is 5.82 Å². The maximum Gasteiger partial charge on any atom is 0.271 e. The van der Waals surface area contributed by atoms with Gasteiger partial charge in [-0.3, -0.25) is 9.89 Å². The van der Waals surface area contributed by atoms with Crippen LogP contribution in [-0.2, 0) is 0 Å². The van der Waals surface area contributed by atoms with Crippen LogP contribution < -0.4 is 5.32 Å². The fourth-order valence-electron chi connectivity index (χ4n) is 4.00. The number of H-pyrrole nitrogens is 2. The quantitative estimate of drug-likeness (QED) is 0.340. The molecule has 4 heterocycles. The van der Waals surface area contributed by atoms with Crippen molar-refractivity contribution in [3.63, 3.8) is 0 Å². The Balaban J connectivity index is 1.23. The molecule has 168 valence electrons. The first kappa shape index (κ1) is 20.5. The number of nitrogens with zero attached hydrogens (tertiary/aromatic N) is 4. The van der Waals surface area contributed by atoms with Crippen molar-refractivity contribution in [3.8, 4) is 22.5 Å². The van der Waals surface area contributed by atoms with E-state index in [4.69, 9.17) is 4.98 Å². The van der Waals surface area contributed by atoms with E-state index in [1.54, 1.807) is 24.2 Å². The summed E-state index contributed by atoms with van der Waals surface area (Å²) < 4.78 is 0. The van der Waals surface area contributed by atoms with Gasteiger partial charge in [0.1, 0.15) is 11.5 Å². The van der Waals surface area contributed by atoms with E-state index in [0.29, 0.717) is 17.3 Å². The van der Waals surface area contributed by atoms with E-state index in [2.05, 4.69) is 25.5 Å². The summed E-state index contributed by atoms with van der Waals surface area (Å²) in [6.45, 7) is 0.795. The van der Waals surface area contributed by atoms with E-state index >= 15 is 0 Å². The molecule has 2 aromatic carbocycles. The molecule has 1 saturated heterocycles. The molecule has 6 rings (SSSR count). The van der Waals surface area contributed by atoms with Crippen molar-refractivity contribution in [1.82, 2.24) is 30.0 Å². The summed E-state index contributed by atoms with van der Waals surface area (Å²) in [5.74, 6) is 3.10. The molecule has 1 fully saturated rings. The van der Waals surface area contributed by atoms with Crippen molar-refractivity contribution in [2.45, 2.75) is 0 Å². The molecule has 0 radical (unpaired) electrons. The van der Waals surface area contributed by atoms with Crippen molar-refractivity contribution in [2.75, 3.05) is 23.5 Å². The molecule has 3 N–H and O–H groups in total. The molecule has 0 spiro atoms. The summed E-state index contributed by atoms with van der Waals surface area (Å²) >= 11 is 1.78. The van der Waals surface area contributed by atoms with Gasteiger partial charge in [-0.05, 0) is 35.9 Å². The number of anilines is 2. The number of aromatic amines is 2. The zero-order valence-electron chi connectivity index (χ0n) is 18.2. The van der Waals surface area contributed by atoms with Crippen molar-refractivity contribution in [3.05, 3.63) is 78.9 Å². The maximum absolute atomic E-state index is 12.7. The van der Waals surface area contributed by atoms with Gasteiger partial charge in [0.2, 0.25) is 0 Å². The molecule has 34 heavy (non-hydrogen) atoms. The average molecular weight is 468 g/mol. The highest BCUT2D eigenvalue weighted by Gasteiger charge is 2.21. The monoisotopic (exact) mass is 467 g/mol. The maximum atomic E-state index is 12.7. The Labute approximate surface area is 199 Å². The molecule has 1 amide bonds. The molecule has 1 aliphatic heterocycles. The Bertz CT molecular complexity index is 1450. The molecule has 1 aliphatic rings. The number of fused-ring (bicyclic) bond motifs is 1. The molecular formula is C25H21N7OS. The fraction of sp³-hybridized carbons (Fsp3) is 0.120. The summed E-state index contributed by atoms with van der Waals surface area (Å²) in [4.78, 5) is 27.0. The molecular weight excluding hydrogens is 446 g/mol. The van der Waals surface area contributed by atoms with E-state index in [1.165, 1.54) is 0 Å². The second kappa shape index (κ2) is 8.68. The third-order valence-electron chi connectivity index (χ3n) is 5.80. The molecule has 8 nitrogen and oxygen atoms in total. The van der Waals surface area contributed by atoms with Gasteiger partial charge >= 0.3 is 0 Å². The summed E-state index contributed by atoms with van der Waals surface area (Å²) in [5, 5.41) is 11.2. The Hall–Kier alpha value is -4.11. The number of carbonyl (C=O) groups excluding carboxylic acids is 1. The predicted molar refractivity (Wildman–Crippen MR) is 135 cm³/mol. The van der Waals surface area contributed by atoms with Gasteiger partial charge in [0.25, 0.3) is 5.91 Å². The Kier molecular flexibility index (Phi) is 5.23. The number of amides is 1. The van der Waals surface area contributed by atoms with Crippen LogP contribution in [0.5, 0.6) is 0 Å². The van der Waals surface area contributed by atoms with Crippen LogP contribution in [0, 0.1) is 0 Å². The first-order valence-electron chi connectivity index (χ1n) is 10.9. The van der Waals surface area contributed by atoms with E-state index in [0.717, 1.165) is 51.5 Å². The zero-order chi connectivity index (χ0) is 22.9. The van der Waals surface area contributed by atoms with Gasteiger partial charge in [0, 0.05) is 52.4 Å². The Morgan fingerprint density at radius 3 is 2.71 bits per heavy atom. The SMILES string of the molecule is O=C(c1cc2ccc(-c3nccc(Nc4ccc(-c5cn[nH]c5)cc4)n3)cc2[nH]1)N1CCSC1. The zero-order valence-corrected chi connectivity index (χ0v) is 19.0. The highest BCUT2D eigenvalue weighted by Crippen LogP contribution is 2.26. The van der Waals surface area contributed by atoms with E-state index < -0.39 is 0 Å². The summed E-state index contributed by atoms with van der Waals surface area (Å²) in [6, 6.07) is 17.8. The first-order valence-corrected chi connectivity index (χ1v) is 12.1. The van der Waals surface area contributed by atoms with Crippen LogP contribution in [0.1, 0.15) is 10.5 Å². The second-order valence-electron chi connectivity index (χ2n) is 8.05.